The van der Waals surface area contributed by atoms with Crippen molar-refractivity contribution in [1.82, 2.24) is 0 Å². The summed E-state index contributed by atoms with van der Waals surface area (Å²) in [4.78, 5) is 5.04. The normalized spacial score (nSPS) is 20.4. The minimum atomic E-state index is -0.264. The van der Waals surface area contributed by atoms with Gasteiger partial charge in [0.25, 0.3) is 0 Å². The Labute approximate surface area is 86.3 Å². The largest absolute Gasteiger partial charge is 0.391 e. The number of alkyl halides is 1. The molecule has 0 aromatic heterocycles. The second-order valence-electron chi connectivity index (χ2n) is 3.13. The lowest BCUT2D eigenvalue weighted by atomic mass is 10.1. The Kier molecular flexibility index (Phi) is 2.68. The van der Waals surface area contributed by atoms with E-state index in [1.807, 2.05) is 6.07 Å². The maximum absolute atomic E-state index is 12.9. The molecule has 0 saturated carbocycles. The number of hydrogen-bond donors (Lipinski definition) is 0. The van der Waals surface area contributed by atoms with Crippen LogP contribution in [-0.2, 0) is 4.84 Å². The summed E-state index contributed by atoms with van der Waals surface area (Å²) in [5, 5.41) is 3.86. The molecule has 1 unspecified atom stereocenters. The van der Waals surface area contributed by atoms with Crippen LogP contribution in [0.25, 0.3) is 0 Å². The smallest absolute Gasteiger partial charge is 0.146 e. The van der Waals surface area contributed by atoms with Crippen molar-refractivity contribution in [1.29, 1.82) is 0 Å². The molecular formula is C10H9ClFNO. The van der Waals surface area contributed by atoms with E-state index >= 15 is 0 Å². The van der Waals surface area contributed by atoms with Crippen molar-refractivity contribution in [2.24, 2.45) is 5.16 Å². The molecule has 1 aromatic rings. The van der Waals surface area contributed by atoms with Crippen LogP contribution >= 0.6 is 11.6 Å². The topological polar surface area (TPSA) is 21.6 Å². The minimum absolute atomic E-state index is 0.0741. The van der Waals surface area contributed by atoms with Crippen molar-refractivity contribution in [2.45, 2.75) is 12.5 Å². The second-order valence-corrected chi connectivity index (χ2v) is 3.44. The van der Waals surface area contributed by atoms with Crippen LogP contribution in [0.2, 0.25) is 0 Å². The fourth-order valence-electron chi connectivity index (χ4n) is 1.35. The van der Waals surface area contributed by atoms with Crippen LogP contribution in [0.1, 0.15) is 12.0 Å². The van der Waals surface area contributed by atoms with E-state index in [1.54, 1.807) is 6.07 Å². The lowest BCUT2D eigenvalue weighted by Crippen LogP contribution is -2.09. The van der Waals surface area contributed by atoms with Crippen LogP contribution in [0.15, 0.2) is 29.4 Å². The fourth-order valence-corrected chi connectivity index (χ4v) is 1.52. The van der Waals surface area contributed by atoms with E-state index < -0.39 is 0 Å². The van der Waals surface area contributed by atoms with Gasteiger partial charge in [0, 0.05) is 12.0 Å². The van der Waals surface area contributed by atoms with Gasteiger partial charge in [0.05, 0.1) is 11.6 Å². The third-order valence-corrected chi connectivity index (χ3v) is 2.41. The molecule has 0 amide bonds. The number of halogens is 2. The zero-order chi connectivity index (χ0) is 9.97. The molecule has 1 aromatic carbocycles. The highest BCUT2D eigenvalue weighted by molar-refractivity contribution is 6.18. The van der Waals surface area contributed by atoms with E-state index in [-0.39, 0.29) is 11.9 Å². The molecule has 2 nitrogen and oxygen atoms in total. The van der Waals surface area contributed by atoms with Gasteiger partial charge in [-0.2, -0.15) is 0 Å². The predicted molar refractivity (Wildman–Crippen MR) is 53.1 cm³/mol. The standard InChI is InChI=1S/C10H9ClFNO/c11-6-9-5-10(13-14-9)7-2-1-3-8(12)4-7/h1-4,9H,5-6H2. The fraction of sp³-hybridized carbons (Fsp3) is 0.300. The van der Waals surface area contributed by atoms with E-state index in [0.29, 0.717) is 12.3 Å². The Morgan fingerprint density at radius 1 is 1.57 bits per heavy atom. The highest BCUT2D eigenvalue weighted by atomic mass is 35.5. The molecule has 0 saturated heterocycles. The van der Waals surface area contributed by atoms with E-state index in [4.69, 9.17) is 16.4 Å². The van der Waals surface area contributed by atoms with E-state index in [2.05, 4.69) is 5.16 Å². The Hall–Kier alpha value is -1.09. The van der Waals surface area contributed by atoms with Crippen LogP contribution in [0.5, 0.6) is 0 Å². The van der Waals surface area contributed by atoms with Gasteiger partial charge in [0.15, 0.2) is 0 Å². The Balaban J connectivity index is 2.17. The molecule has 1 atom stereocenters. The predicted octanol–water partition coefficient (Wildman–Crippen LogP) is 2.56. The molecule has 14 heavy (non-hydrogen) atoms. The van der Waals surface area contributed by atoms with Gasteiger partial charge in [-0.05, 0) is 12.1 Å². The van der Waals surface area contributed by atoms with E-state index in [1.165, 1.54) is 12.1 Å². The summed E-state index contributed by atoms with van der Waals surface area (Å²) in [6, 6.07) is 6.31. The Morgan fingerprint density at radius 2 is 2.43 bits per heavy atom. The zero-order valence-electron chi connectivity index (χ0n) is 7.41. The summed E-state index contributed by atoms with van der Waals surface area (Å²) in [5.41, 5.74) is 1.52. The molecule has 74 valence electrons. The Morgan fingerprint density at radius 3 is 3.07 bits per heavy atom. The molecule has 1 heterocycles. The zero-order valence-corrected chi connectivity index (χ0v) is 8.17. The SMILES string of the molecule is Fc1cccc(C2=NOC(CCl)C2)c1. The molecular weight excluding hydrogens is 205 g/mol. The van der Waals surface area contributed by atoms with Gasteiger partial charge < -0.3 is 4.84 Å². The highest BCUT2D eigenvalue weighted by Crippen LogP contribution is 2.17. The quantitative estimate of drug-likeness (QED) is 0.692. The number of rotatable bonds is 2. The van der Waals surface area contributed by atoms with Crippen LogP contribution in [0, 0.1) is 5.82 Å². The molecule has 2 rings (SSSR count). The summed E-state index contributed by atoms with van der Waals surface area (Å²) >= 11 is 5.62. The van der Waals surface area contributed by atoms with Crippen molar-refractivity contribution in [3.05, 3.63) is 35.6 Å². The molecule has 1 aliphatic rings. The van der Waals surface area contributed by atoms with Crippen molar-refractivity contribution >= 4 is 17.3 Å². The number of oxime groups is 1. The van der Waals surface area contributed by atoms with Crippen molar-refractivity contribution in [3.8, 4) is 0 Å². The summed E-state index contributed by atoms with van der Waals surface area (Å²) < 4.78 is 12.9. The third kappa shape index (κ3) is 1.87. The van der Waals surface area contributed by atoms with Crippen molar-refractivity contribution in [2.75, 3.05) is 5.88 Å². The first kappa shape index (κ1) is 9.46. The molecule has 0 bridgehead atoms. The van der Waals surface area contributed by atoms with Crippen LogP contribution in [0.3, 0.4) is 0 Å². The molecule has 4 heteroatoms. The van der Waals surface area contributed by atoms with E-state index in [0.717, 1.165) is 11.3 Å². The van der Waals surface area contributed by atoms with Crippen LogP contribution < -0.4 is 0 Å². The number of hydrogen-bond acceptors (Lipinski definition) is 2. The molecule has 0 aliphatic carbocycles. The number of benzene rings is 1. The lowest BCUT2D eigenvalue weighted by Gasteiger charge is -2.01. The first-order valence-electron chi connectivity index (χ1n) is 4.34. The summed E-state index contributed by atoms with van der Waals surface area (Å²) in [6.07, 6.45) is 0.572. The lowest BCUT2D eigenvalue weighted by molar-refractivity contribution is 0.102. The van der Waals surface area contributed by atoms with Gasteiger partial charge in [0.1, 0.15) is 11.9 Å². The maximum atomic E-state index is 12.9. The van der Waals surface area contributed by atoms with Crippen LogP contribution in [0.4, 0.5) is 4.39 Å². The molecule has 0 N–H and O–H groups in total. The monoisotopic (exact) mass is 213 g/mol. The molecule has 0 radical (unpaired) electrons. The first-order chi connectivity index (χ1) is 6.79. The average Bonchev–Trinajstić information content (AvgIpc) is 2.66. The molecule has 0 spiro atoms. The van der Waals surface area contributed by atoms with Crippen molar-refractivity contribution in [3.63, 3.8) is 0 Å². The van der Waals surface area contributed by atoms with Gasteiger partial charge in [-0.3, -0.25) is 0 Å². The highest BCUT2D eigenvalue weighted by Gasteiger charge is 2.21. The van der Waals surface area contributed by atoms with Gasteiger partial charge >= 0.3 is 0 Å². The summed E-state index contributed by atoms with van der Waals surface area (Å²) in [5.74, 6) is 0.141. The van der Waals surface area contributed by atoms with Gasteiger partial charge in [-0.1, -0.05) is 17.3 Å². The molecule has 0 fully saturated rings. The van der Waals surface area contributed by atoms with Crippen LogP contribution in [-0.4, -0.2) is 17.7 Å². The Bertz CT molecular complexity index is 367. The van der Waals surface area contributed by atoms with E-state index in [9.17, 15) is 4.39 Å². The third-order valence-electron chi connectivity index (χ3n) is 2.06. The maximum Gasteiger partial charge on any atom is 0.146 e. The molecule has 1 aliphatic heterocycles. The summed E-state index contributed by atoms with van der Waals surface area (Å²) in [6.45, 7) is 0. The van der Waals surface area contributed by atoms with Gasteiger partial charge in [-0.25, -0.2) is 4.39 Å². The number of nitrogens with zero attached hydrogens (tertiary/aromatic N) is 1. The first-order valence-corrected chi connectivity index (χ1v) is 4.87. The average molecular weight is 214 g/mol. The summed E-state index contributed by atoms with van der Waals surface area (Å²) in [7, 11) is 0. The van der Waals surface area contributed by atoms with Gasteiger partial charge in [-0.15, -0.1) is 11.6 Å². The van der Waals surface area contributed by atoms with Crippen molar-refractivity contribution < 1.29 is 9.23 Å². The van der Waals surface area contributed by atoms with Gasteiger partial charge in [0.2, 0.25) is 0 Å². The second kappa shape index (κ2) is 3.96. The minimum Gasteiger partial charge on any atom is -0.391 e.